The van der Waals surface area contributed by atoms with Crippen LogP contribution in [-0.2, 0) is 9.53 Å². The van der Waals surface area contributed by atoms with Gasteiger partial charge in [0.25, 0.3) is 5.91 Å². The van der Waals surface area contributed by atoms with Crippen molar-refractivity contribution < 1.29 is 19.1 Å². The molecule has 0 fully saturated rings. The van der Waals surface area contributed by atoms with Gasteiger partial charge < -0.3 is 14.8 Å². The maximum absolute atomic E-state index is 12.3. The van der Waals surface area contributed by atoms with Crippen LogP contribution in [0.1, 0.15) is 50.5 Å². The minimum absolute atomic E-state index is 0.0602. The second kappa shape index (κ2) is 6.98. The normalized spacial score (nSPS) is 11.6. The van der Waals surface area contributed by atoms with E-state index in [9.17, 15) is 14.5 Å². The van der Waals surface area contributed by atoms with Crippen molar-refractivity contribution in [3.05, 3.63) is 28.2 Å². The molecule has 1 aromatic carbocycles. The molecule has 7 heteroatoms. The minimum atomic E-state index is -1.27. The van der Waals surface area contributed by atoms with Crippen LogP contribution >= 0.6 is 0 Å². The molecule has 1 rings (SSSR count). The molecular formula is C17H24N2O5. The fraction of sp³-hybridized carbons (Fsp3) is 0.529. The van der Waals surface area contributed by atoms with Crippen molar-refractivity contribution in [1.82, 2.24) is 5.32 Å². The first-order chi connectivity index (χ1) is 10.9. The van der Waals surface area contributed by atoms with Crippen molar-refractivity contribution in [1.29, 1.82) is 0 Å². The van der Waals surface area contributed by atoms with E-state index in [2.05, 4.69) is 10.5 Å². The summed E-state index contributed by atoms with van der Waals surface area (Å²) in [6, 6.07) is 2.84. The predicted octanol–water partition coefficient (Wildman–Crippen LogP) is 3.25. The number of carbonyl (C=O) groups excluding carboxylic acids is 2. The first kappa shape index (κ1) is 19.6. The average molecular weight is 336 g/mol. The third-order valence-corrected chi connectivity index (χ3v) is 3.12. The topological polar surface area (TPSA) is 94.1 Å². The molecule has 1 N–H and O–H groups in total. The van der Waals surface area contributed by atoms with Gasteiger partial charge in [0.2, 0.25) is 0 Å². The number of esters is 1. The molecular weight excluding hydrogens is 312 g/mol. The number of amides is 1. The van der Waals surface area contributed by atoms with Crippen molar-refractivity contribution in [2.24, 2.45) is 5.18 Å². The highest BCUT2D eigenvalue weighted by Crippen LogP contribution is 2.32. The summed E-state index contributed by atoms with van der Waals surface area (Å²) >= 11 is 0. The van der Waals surface area contributed by atoms with Crippen LogP contribution in [0.15, 0.2) is 17.3 Å². The summed E-state index contributed by atoms with van der Waals surface area (Å²) in [6.45, 7) is 10.1. The molecule has 0 aromatic heterocycles. The lowest BCUT2D eigenvalue weighted by Crippen LogP contribution is -2.43. The van der Waals surface area contributed by atoms with Crippen LogP contribution in [0.5, 0.6) is 5.75 Å². The Bertz CT molecular complexity index is 660. The van der Waals surface area contributed by atoms with Gasteiger partial charge in [-0.05, 0) is 58.3 Å². The van der Waals surface area contributed by atoms with Gasteiger partial charge in [0, 0.05) is 13.1 Å². The molecule has 0 radical (unpaired) electrons. The number of ether oxygens (including phenoxy) is 2. The summed E-state index contributed by atoms with van der Waals surface area (Å²) in [4.78, 5) is 35.1. The minimum Gasteiger partial charge on any atom is -0.476 e. The monoisotopic (exact) mass is 336 g/mol. The molecule has 132 valence electrons. The van der Waals surface area contributed by atoms with Gasteiger partial charge in [-0.1, -0.05) is 0 Å². The molecule has 0 saturated heterocycles. The van der Waals surface area contributed by atoms with Crippen LogP contribution in [0.25, 0.3) is 0 Å². The number of aryl methyl sites for hydroxylation is 1. The summed E-state index contributed by atoms with van der Waals surface area (Å²) in [7, 11) is 1.46. The van der Waals surface area contributed by atoms with E-state index in [4.69, 9.17) is 9.47 Å². The van der Waals surface area contributed by atoms with E-state index in [0.717, 1.165) is 0 Å². The summed E-state index contributed by atoms with van der Waals surface area (Å²) in [5.74, 6) is -0.677. The fourth-order valence-corrected chi connectivity index (χ4v) is 1.90. The smallest absolute Gasteiger partial charge is 0.350 e. The van der Waals surface area contributed by atoms with Crippen LogP contribution in [0.4, 0.5) is 5.69 Å². The van der Waals surface area contributed by atoms with Crippen molar-refractivity contribution in [3.63, 3.8) is 0 Å². The Morgan fingerprint density at radius 1 is 1.12 bits per heavy atom. The lowest BCUT2D eigenvalue weighted by molar-refractivity contribution is -0.170. The second-order valence-corrected chi connectivity index (χ2v) is 6.92. The Morgan fingerprint density at radius 2 is 1.71 bits per heavy atom. The zero-order valence-corrected chi connectivity index (χ0v) is 15.1. The van der Waals surface area contributed by atoms with E-state index in [1.54, 1.807) is 41.5 Å². The van der Waals surface area contributed by atoms with Crippen molar-refractivity contribution >= 4 is 17.6 Å². The predicted molar refractivity (Wildman–Crippen MR) is 90.6 cm³/mol. The van der Waals surface area contributed by atoms with E-state index in [0.29, 0.717) is 5.56 Å². The van der Waals surface area contributed by atoms with Gasteiger partial charge >= 0.3 is 5.97 Å². The van der Waals surface area contributed by atoms with Gasteiger partial charge in [0.05, 0.1) is 5.56 Å². The molecule has 24 heavy (non-hydrogen) atoms. The second-order valence-electron chi connectivity index (χ2n) is 6.92. The average Bonchev–Trinajstić information content (AvgIpc) is 2.46. The van der Waals surface area contributed by atoms with Gasteiger partial charge in [0.1, 0.15) is 17.0 Å². The number of rotatable bonds is 5. The fourth-order valence-electron chi connectivity index (χ4n) is 1.90. The first-order valence-corrected chi connectivity index (χ1v) is 7.54. The van der Waals surface area contributed by atoms with Crippen LogP contribution < -0.4 is 10.1 Å². The Hall–Kier alpha value is -2.44. The SMILES string of the molecule is CNC(=O)c1cc(C)c(OC(C)(C)C(=O)OC(C)(C)C)cc1N=O. The van der Waals surface area contributed by atoms with Crippen LogP contribution in [0, 0.1) is 11.8 Å². The highest BCUT2D eigenvalue weighted by Gasteiger charge is 2.35. The summed E-state index contributed by atoms with van der Waals surface area (Å²) in [6.07, 6.45) is 0. The Kier molecular flexibility index (Phi) is 5.71. The van der Waals surface area contributed by atoms with Crippen LogP contribution in [0.2, 0.25) is 0 Å². The molecule has 0 aliphatic heterocycles. The third kappa shape index (κ3) is 4.78. The number of nitrogens with one attached hydrogen (secondary N) is 1. The highest BCUT2D eigenvalue weighted by molar-refractivity contribution is 5.99. The molecule has 0 saturated carbocycles. The molecule has 7 nitrogen and oxygen atoms in total. The standard InChI is InChI=1S/C17H24N2O5/c1-10-8-11(14(20)18-7)12(19-22)9-13(10)23-17(5,6)15(21)24-16(2,3)4/h8-9H,1-7H3,(H,18,20). The largest absolute Gasteiger partial charge is 0.476 e. The number of hydrogen-bond acceptors (Lipinski definition) is 6. The molecule has 1 aromatic rings. The lowest BCUT2D eigenvalue weighted by Gasteiger charge is -2.29. The number of carbonyl (C=O) groups is 2. The summed E-state index contributed by atoms with van der Waals surface area (Å²) in [5, 5.41) is 5.31. The molecule has 0 unspecified atom stereocenters. The van der Waals surface area contributed by atoms with E-state index in [-0.39, 0.29) is 17.0 Å². The van der Waals surface area contributed by atoms with Crippen molar-refractivity contribution in [2.75, 3.05) is 7.05 Å². The highest BCUT2D eigenvalue weighted by atomic mass is 16.6. The zero-order chi connectivity index (χ0) is 18.7. The van der Waals surface area contributed by atoms with Gasteiger partial charge in [-0.15, -0.1) is 4.91 Å². The quantitative estimate of drug-likeness (QED) is 0.658. The molecule has 1 amide bonds. The van der Waals surface area contributed by atoms with Gasteiger partial charge in [-0.25, -0.2) is 4.79 Å². The Morgan fingerprint density at radius 3 is 2.17 bits per heavy atom. The molecule has 0 aliphatic rings. The molecule has 0 spiro atoms. The van der Waals surface area contributed by atoms with Crippen molar-refractivity contribution in [2.45, 2.75) is 52.7 Å². The number of nitrogens with zero attached hydrogens (tertiary/aromatic N) is 1. The van der Waals surface area contributed by atoms with E-state index in [1.807, 2.05) is 0 Å². The Balaban J connectivity index is 3.17. The number of nitroso groups, excluding NO2 is 1. The molecule has 0 atom stereocenters. The lowest BCUT2D eigenvalue weighted by atomic mass is 10.1. The van der Waals surface area contributed by atoms with Gasteiger partial charge in [-0.3, -0.25) is 4.79 Å². The van der Waals surface area contributed by atoms with Gasteiger partial charge in [-0.2, -0.15) is 0 Å². The third-order valence-electron chi connectivity index (χ3n) is 3.12. The zero-order valence-electron chi connectivity index (χ0n) is 15.1. The van der Waals surface area contributed by atoms with Crippen LogP contribution in [-0.4, -0.2) is 30.1 Å². The maximum Gasteiger partial charge on any atom is 0.350 e. The Labute approximate surface area is 141 Å². The number of benzene rings is 1. The van der Waals surface area contributed by atoms with E-state index < -0.39 is 23.1 Å². The molecule has 0 bridgehead atoms. The number of hydrogen-bond donors (Lipinski definition) is 1. The molecule has 0 heterocycles. The summed E-state index contributed by atoms with van der Waals surface area (Å²) < 4.78 is 11.1. The molecule has 0 aliphatic carbocycles. The van der Waals surface area contributed by atoms with E-state index in [1.165, 1.54) is 19.2 Å². The van der Waals surface area contributed by atoms with Crippen LogP contribution in [0.3, 0.4) is 0 Å². The summed E-state index contributed by atoms with van der Waals surface area (Å²) in [5.41, 5.74) is -1.24. The maximum atomic E-state index is 12.3. The first-order valence-electron chi connectivity index (χ1n) is 7.54. The van der Waals surface area contributed by atoms with Crippen molar-refractivity contribution in [3.8, 4) is 5.75 Å². The van der Waals surface area contributed by atoms with E-state index >= 15 is 0 Å². The van der Waals surface area contributed by atoms with Gasteiger partial charge in [0.15, 0.2) is 5.60 Å².